The van der Waals surface area contributed by atoms with Gasteiger partial charge in [-0.1, -0.05) is 13.8 Å². The molecule has 3 nitrogen and oxygen atoms in total. The number of rotatable bonds is 2. The zero-order valence-electron chi connectivity index (χ0n) is 7.80. The molecule has 1 atom stereocenters. The highest BCUT2D eigenvalue weighted by Gasteiger charge is 2.35. The highest BCUT2D eigenvalue weighted by atomic mass is 16.5. The Morgan fingerprint density at radius 3 is 2.67 bits per heavy atom. The maximum absolute atomic E-state index is 11.1. The van der Waals surface area contributed by atoms with Crippen molar-refractivity contribution in [2.75, 3.05) is 13.2 Å². The van der Waals surface area contributed by atoms with Gasteiger partial charge in [0.2, 0.25) is 5.91 Å². The summed E-state index contributed by atoms with van der Waals surface area (Å²) in [6.45, 7) is 5.30. The molecule has 0 aliphatic carbocycles. The average Bonchev–Trinajstić information content (AvgIpc) is 2.06. The van der Waals surface area contributed by atoms with Gasteiger partial charge in [0.1, 0.15) is 0 Å². The Morgan fingerprint density at radius 2 is 2.25 bits per heavy atom. The van der Waals surface area contributed by atoms with Crippen LogP contribution in [-0.2, 0) is 9.53 Å². The lowest BCUT2D eigenvalue weighted by atomic mass is 9.75. The summed E-state index contributed by atoms with van der Waals surface area (Å²) in [7, 11) is 0. The van der Waals surface area contributed by atoms with Crippen LogP contribution in [0.2, 0.25) is 0 Å². The molecule has 3 heteroatoms. The van der Waals surface area contributed by atoms with E-state index in [9.17, 15) is 4.79 Å². The molecule has 0 aromatic rings. The first-order valence-electron chi connectivity index (χ1n) is 4.43. The van der Waals surface area contributed by atoms with Gasteiger partial charge in [0, 0.05) is 12.0 Å². The molecule has 1 unspecified atom stereocenters. The predicted molar refractivity (Wildman–Crippen MR) is 46.5 cm³/mol. The van der Waals surface area contributed by atoms with Gasteiger partial charge in [0.05, 0.1) is 6.61 Å². The van der Waals surface area contributed by atoms with Crippen LogP contribution >= 0.6 is 0 Å². The van der Waals surface area contributed by atoms with Crippen LogP contribution in [-0.4, -0.2) is 19.1 Å². The Morgan fingerprint density at radius 1 is 1.58 bits per heavy atom. The normalized spacial score (nSPS) is 25.3. The second-order valence-electron chi connectivity index (χ2n) is 4.00. The summed E-state index contributed by atoms with van der Waals surface area (Å²) in [5.41, 5.74) is 4.89. The molecule has 1 aliphatic rings. The Balaban J connectivity index is 2.59. The van der Waals surface area contributed by atoms with Crippen LogP contribution in [0.1, 0.15) is 26.7 Å². The third-order valence-electron chi connectivity index (χ3n) is 2.82. The fraction of sp³-hybridized carbons (Fsp3) is 0.889. The Bertz CT molecular complexity index is 171. The number of carbonyl (C=O) groups is 1. The molecule has 0 aromatic heterocycles. The smallest absolute Gasteiger partial charge is 0.223 e. The van der Waals surface area contributed by atoms with E-state index in [4.69, 9.17) is 10.5 Å². The summed E-state index contributed by atoms with van der Waals surface area (Å²) in [6.07, 6.45) is 2.09. The topological polar surface area (TPSA) is 52.3 Å². The van der Waals surface area contributed by atoms with Crippen molar-refractivity contribution >= 4 is 5.91 Å². The van der Waals surface area contributed by atoms with Gasteiger partial charge in [0.15, 0.2) is 0 Å². The van der Waals surface area contributed by atoms with Gasteiger partial charge in [-0.25, -0.2) is 0 Å². The number of nitrogens with two attached hydrogens (primary N) is 1. The summed E-state index contributed by atoms with van der Waals surface area (Å²) >= 11 is 0. The van der Waals surface area contributed by atoms with Gasteiger partial charge in [-0.3, -0.25) is 4.79 Å². The van der Waals surface area contributed by atoms with Crippen LogP contribution in [0.5, 0.6) is 0 Å². The van der Waals surface area contributed by atoms with Crippen molar-refractivity contribution in [3.05, 3.63) is 0 Å². The quantitative estimate of drug-likeness (QED) is 0.671. The SMILES string of the molecule is CC(C)(C(N)=O)C1CCCOC1. The Labute approximate surface area is 73.3 Å². The van der Waals surface area contributed by atoms with E-state index in [1.54, 1.807) is 0 Å². The van der Waals surface area contributed by atoms with Gasteiger partial charge < -0.3 is 10.5 Å². The van der Waals surface area contributed by atoms with Crippen molar-refractivity contribution in [1.82, 2.24) is 0 Å². The molecule has 1 fully saturated rings. The summed E-state index contributed by atoms with van der Waals surface area (Å²) in [6, 6.07) is 0. The molecule has 0 radical (unpaired) electrons. The molecule has 1 rings (SSSR count). The van der Waals surface area contributed by atoms with Crippen LogP contribution in [0, 0.1) is 11.3 Å². The molecule has 1 heterocycles. The maximum atomic E-state index is 11.1. The Kier molecular flexibility index (Phi) is 2.73. The first-order valence-corrected chi connectivity index (χ1v) is 4.43. The lowest BCUT2D eigenvalue weighted by molar-refractivity contribution is -0.131. The Hall–Kier alpha value is -0.570. The summed E-state index contributed by atoms with van der Waals surface area (Å²) < 4.78 is 5.31. The van der Waals surface area contributed by atoms with E-state index < -0.39 is 5.41 Å². The molecule has 0 spiro atoms. The molecule has 1 amide bonds. The van der Waals surface area contributed by atoms with E-state index in [1.165, 1.54) is 0 Å². The van der Waals surface area contributed by atoms with Gasteiger partial charge in [-0.15, -0.1) is 0 Å². The van der Waals surface area contributed by atoms with Gasteiger partial charge in [-0.05, 0) is 18.8 Å². The molecule has 1 saturated heterocycles. The van der Waals surface area contributed by atoms with Crippen molar-refractivity contribution in [2.24, 2.45) is 17.1 Å². The number of hydrogen-bond donors (Lipinski definition) is 1. The minimum Gasteiger partial charge on any atom is -0.381 e. The van der Waals surface area contributed by atoms with E-state index >= 15 is 0 Å². The minimum atomic E-state index is -0.416. The van der Waals surface area contributed by atoms with Crippen molar-refractivity contribution in [3.63, 3.8) is 0 Å². The molecule has 0 aromatic carbocycles. The van der Waals surface area contributed by atoms with Crippen LogP contribution in [0.25, 0.3) is 0 Å². The molecule has 70 valence electrons. The summed E-state index contributed by atoms with van der Waals surface area (Å²) in [5.74, 6) is 0.0711. The number of hydrogen-bond acceptors (Lipinski definition) is 2. The van der Waals surface area contributed by atoms with E-state index in [2.05, 4.69) is 0 Å². The maximum Gasteiger partial charge on any atom is 0.223 e. The molecule has 1 aliphatic heterocycles. The van der Waals surface area contributed by atoms with E-state index in [1.807, 2.05) is 13.8 Å². The van der Waals surface area contributed by atoms with Crippen molar-refractivity contribution in [2.45, 2.75) is 26.7 Å². The highest BCUT2D eigenvalue weighted by Crippen LogP contribution is 2.32. The van der Waals surface area contributed by atoms with Crippen LogP contribution < -0.4 is 5.73 Å². The van der Waals surface area contributed by atoms with Crippen molar-refractivity contribution in [1.29, 1.82) is 0 Å². The first-order chi connectivity index (χ1) is 5.55. The van der Waals surface area contributed by atoms with E-state index in [-0.39, 0.29) is 5.91 Å². The van der Waals surface area contributed by atoms with Gasteiger partial charge in [-0.2, -0.15) is 0 Å². The zero-order valence-corrected chi connectivity index (χ0v) is 7.80. The van der Waals surface area contributed by atoms with Crippen LogP contribution in [0.3, 0.4) is 0 Å². The third-order valence-corrected chi connectivity index (χ3v) is 2.82. The molecular weight excluding hydrogens is 154 g/mol. The van der Waals surface area contributed by atoms with Gasteiger partial charge >= 0.3 is 0 Å². The lowest BCUT2D eigenvalue weighted by Gasteiger charge is -2.33. The number of carbonyl (C=O) groups excluding carboxylic acids is 1. The first kappa shape index (κ1) is 9.52. The number of ether oxygens (including phenoxy) is 1. The minimum absolute atomic E-state index is 0.224. The van der Waals surface area contributed by atoms with Gasteiger partial charge in [0.25, 0.3) is 0 Å². The zero-order chi connectivity index (χ0) is 9.19. The fourth-order valence-electron chi connectivity index (χ4n) is 1.51. The third kappa shape index (κ3) is 1.78. The predicted octanol–water partition coefficient (Wildman–Crippen LogP) is 0.925. The molecular formula is C9H17NO2. The summed E-state index contributed by atoms with van der Waals surface area (Å²) in [4.78, 5) is 11.1. The molecule has 0 saturated carbocycles. The second-order valence-corrected chi connectivity index (χ2v) is 4.00. The lowest BCUT2D eigenvalue weighted by Crippen LogP contribution is -2.41. The standard InChI is InChI=1S/C9H17NO2/c1-9(2,8(10)11)7-4-3-5-12-6-7/h7H,3-6H2,1-2H3,(H2,10,11). The molecule has 12 heavy (non-hydrogen) atoms. The van der Waals surface area contributed by atoms with Crippen molar-refractivity contribution < 1.29 is 9.53 Å². The van der Waals surface area contributed by atoms with Crippen LogP contribution in [0.15, 0.2) is 0 Å². The van der Waals surface area contributed by atoms with Crippen LogP contribution in [0.4, 0.5) is 0 Å². The van der Waals surface area contributed by atoms with E-state index in [0.29, 0.717) is 12.5 Å². The number of primary amides is 1. The van der Waals surface area contributed by atoms with Crippen molar-refractivity contribution in [3.8, 4) is 0 Å². The monoisotopic (exact) mass is 171 g/mol. The largest absolute Gasteiger partial charge is 0.381 e. The average molecular weight is 171 g/mol. The summed E-state index contributed by atoms with van der Waals surface area (Å²) in [5, 5.41) is 0. The van der Waals surface area contributed by atoms with E-state index in [0.717, 1.165) is 19.4 Å². The molecule has 2 N–H and O–H groups in total. The molecule has 0 bridgehead atoms. The second kappa shape index (κ2) is 3.44. The highest BCUT2D eigenvalue weighted by molar-refractivity contribution is 5.80. The number of amides is 1. The fourth-order valence-corrected chi connectivity index (χ4v) is 1.51.